The number of aliphatic carboxylic acids is 1. The van der Waals surface area contributed by atoms with E-state index < -0.39 is 18.1 Å². The van der Waals surface area contributed by atoms with Crippen LogP contribution in [0.15, 0.2) is 24.3 Å². The standard InChI is InChI=1S/C27H37NO7/c1-2-33-24(29)4-3-9-34-22-7-5-18(6-8-22)13-23(25(30)31)28-26(32)35-17-27-14-19-10-20(15-27)12-21(11-19)16-27/h5-8,19-21,23H,2-4,9-17H2,1H3,(H,28,32)(H,30,31). The Morgan fingerprint density at radius 1 is 1.03 bits per heavy atom. The Balaban J connectivity index is 1.21. The van der Waals surface area contributed by atoms with Gasteiger partial charge < -0.3 is 24.6 Å². The number of hydrogen-bond donors (Lipinski definition) is 2. The molecule has 4 bridgehead atoms. The van der Waals surface area contributed by atoms with Gasteiger partial charge in [0.25, 0.3) is 0 Å². The van der Waals surface area contributed by atoms with Gasteiger partial charge in [-0.1, -0.05) is 12.1 Å². The number of carbonyl (C=O) groups is 3. The Bertz CT molecular complexity index is 862. The zero-order valence-electron chi connectivity index (χ0n) is 20.5. The summed E-state index contributed by atoms with van der Waals surface area (Å²) < 4.78 is 16.1. The molecule has 1 unspecified atom stereocenters. The predicted octanol–water partition coefficient (Wildman–Crippen LogP) is 4.35. The molecule has 2 N–H and O–H groups in total. The first-order chi connectivity index (χ1) is 16.8. The van der Waals surface area contributed by atoms with Crippen molar-refractivity contribution in [2.24, 2.45) is 23.2 Å². The van der Waals surface area contributed by atoms with E-state index in [1.54, 1.807) is 31.2 Å². The smallest absolute Gasteiger partial charge is 0.407 e. The number of amides is 1. The first-order valence-electron chi connectivity index (χ1n) is 12.9. The maximum Gasteiger partial charge on any atom is 0.407 e. The zero-order chi connectivity index (χ0) is 24.8. The minimum atomic E-state index is -1.10. The van der Waals surface area contributed by atoms with E-state index in [2.05, 4.69) is 5.32 Å². The maximum absolute atomic E-state index is 12.5. The average molecular weight is 488 g/mol. The van der Waals surface area contributed by atoms with Crippen LogP contribution < -0.4 is 10.1 Å². The minimum Gasteiger partial charge on any atom is -0.494 e. The fourth-order valence-corrected chi connectivity index (χ4v) is 6.67. The predicted molar refractivity (Wildman–Crippen MR) is 128 cm³/mol. The lowest BCUT2D eigenvalue weighted by Crippen LogP contribution is -2.49. The van der Waals surface area contributed by atoms with Gasteiger partial charge in [0.15, 0.2) is 0 Å². The first kappa shape index (κ1) is 25.3. The molecule has 4 aliphatic rings. The quantitative estimate of drug-likeness (QED) is 0.333. The molecule has 8 heteroatoms. The number of alkyl carbamates (subject to hydrolysis) is 1. The van der Waals surface area contributed by atoms with Crippen LogP contribution in [0.3, 0.4) is 0 Å². The highest BCUT2D eigenvalue weighted by Crippen LogP contribution is 2.60. The second-order valence-corrected chi connectivity index (χ2v) is 10.6. The third kappa shape index (κ3) is 6.89. The SMILES string of the molecule is CCOC(=O)CCCOc1ccc(CC(NC(=O)OCC23CC4CC(CC(C4)C2)C3)C(=O)O)cc1. The van der Waals surface area contributed by atoms with E-state index >= 15 is 0 Å². The van der Waals surface area contributed by atoms with E-state index in [0.29, 0.717) is 38.4 Å². The highest BCUT2D eigenvalue weighted by Gasteiger charge is 2.51. The van der Waals surface area contributed by atoms with Crippen molar-refractivity contribution < 1.29 is 33.7 Å². The zero-order valence-corrected chi connectivity index (χ0v) is 20.5. The number of carboxylic acid groups (broad SMARTS) is 1. The molecule has 0 aromatic heterocycles. The van der Waals surface area contributed by atoms with Crippen molar-refractivity contribution in [3.05, 3.63) is 29.8 Å². The Morgan fingerprint density at radius 3 is 2.23 bits per heavy atom. The molecule has 8 nitrogen and oxygen atoms in total. The molecule has 1 atom stereocenters. The van der Waals surface area contributed by atoms with E-state index in [9.17, 15) is 19.5 Å². The number of carbonyl (C=O) groups excluding carboxylic acids is 2. The van der Waals surface area contributed by atoms with Gasteiger partial charge in [-0.05, 0) is 87.3 Å². The normalized spacial score (nSPS) is 27.2. The summed E-state index contributed by atoms with van der Waals surface area (Å²) in [6.45, 7) is 2.91. The summed E-state index contributed by atoms with van der Waals surface area (Å²) in [5.74, 6) is 1.59. The molecule has 4 aliphatic carbocycles. The van der Waals surface area contributed by atoms with Crippen molar-refractivity contribution in [2.75, 3.05) is 19.8 Å². The largest absolute Gasteiger partial charge is 0.494 e. The molecule has 1 aromatic rings. The van der Waals surface area contributed by atoms with E-state index in [1.165, 1.54) is 19.3 Å². The monoisotopic (exact) mass is 487 g/mol. The number of esters is 1. The van der Waals surface area contributed by atoms with Crippen LogP contribution in [0.4, 0.5) is 4.79 Å². The van der Waals surface area contributed by atoms with E-state index in [4.69, 9.17) is 14.2 Å². The number of rotatable bonds is 12. The molecule has 4 fully saturated rings. The molecule has 1 amide bonds. The molecule has 5 rings (SSSR count). The van der Waals surface area contributed by atoms with E-state index in [0.717, 1.165) is 42.6 Å². The Hall–Kier alpha value is -2.77. The second-order valence-electron chi connectivity index (χ2n) is 10.6. The van der Waals surface area contributed by atoms with Gasteiger partial charge in [0.2, 0.25) is 0 Å². The average Bonchev–Trinajstić information content (AvgIpc) is 2.80. The van der Waals surface area contributed by atoms with Gasteiger partial charge in [-0.25, -0.2) is 9.59 Å². The number of benzene rings is 1. The van der Waals surface area contributed by atoms with Crippen LogP contribution in [0, 0.1) is 23.2 Å². The van der Waals surface area contributed by atoms with Crippen molar-refractivity contribution >= 4 is 18.0 Å². The molecular weight excluding hydrogens is 450 g/mol. The molecule has 4 saturated carbocycles. The molecule has 1 aromatic carbocycles. The summed E-state index contributed by atoms with van der Waals surface area (Å²) in [4.78, 5) is 35.6. The van der Waals surface area contributed by atoms with Gasteiger partial charge in [-0.3, -0.25) is 4.79 Å². The Kier molecular flexibility index (Phi) is 8.19. The van der Waals surface area contributed by atoms with Gasteiger partial charge in [-0.15, -0.1) is 0 Å². The van der Waals surface area contributed by atoms with Crippen molar-refractivity contribution in [3.8, 4) is 5.75 Å². The van der Waals surface area contributed by atoms with E-state index in [1.807, 2.05) is 0 Å². The van der Waals surface area contributed by atoms with Crippen LogP contribution >= 0.6 is 0 Å². The number of carboxylic acids is 1. The van der Waals surface area contributed by atoms with Gasteiger partial charge in [0.1, 0.15) is 11.8 Å². The molecule has 0 aliphatic heterocycles. The summed E-state index contributed by atoms with van der Waals surface area (Å²) in [5.41, 5.74) is 0.856. The molecule has 0 radical (unpaired) electrons. The minimum absolute atomic E-state index is 0.0942. The van der Waals surface area contributed by atoms with Crippen LogP contribution in [0.5, 0.6) is 5.75 Å². The van der Waals surface area contributed by atoms with Crippen LogP contribution in [-0.2, 0) is 25.5 Å². The lowest BCUT2D eigenvalue weighted by Gasteiger charge is -2.56. The maximum atomic E-state index is 12.5. The number of ether oxygens (including phenoxy) is 3. The van der Waals surface area contributed by atoms with Crippen LogP contribution in [0.25, 0.3) is 0 Å². The molecular formula is C27H37NO7. The van der Waals surface area contributed by atoms with Crippen molar-refractivity contribution in [1.29, 1.82) is 0 Å². The van der Waals surface area contributed by atoms with Crippen molar-refractivity contribution in [2.45, 2.75) is 70.8 Å². The topological polar surface area (TPSA) is 111 Å². The molecule has 0 spiro atoms. The van der Waals surface area contributed by atoms with Crippen LogP contribution in [-0.4, -0.2) is 49.0 Å². The third-order valence-corrected chi connectivity index (χ3v) is 7.73. The van der Waals surface area contributed by atoms with E-state index in [-0.39, 0.29) is 17.8 Å². The highest BCUT2D eigenvalue weighted by atomic mass is 16.6. The summed E-state index contributed by atoms with van der Waals surface area (Å²) >= 11 is 0. The third-order valence-electron chi connectivity index (χ3n) is 7.73. The lowest BCUT2D eigenvalue weighted by molar-refractivity contribution is -0.143. The summed E-state index contributed by atoms with van der Waals surface area (Å²) in [6.07, 6.45) is 7.70. The van der Waals surface area contributed by atoms with Crippen LogP contribution in [0.1, 0.15) is 63.9 Å². The van der Waals surface area contributed by atoms with Gasteiger partial charge >= 0.3 is 18.0 Å². The molecule has 35 heavy (non-hydrogen) atoms. The van der Waals surface area contributed by atoms with Crippen LogP contribution in [0.2, 0.25) is 0 Å². The Labute approximate surface area is 206 Å². The number of nitrogens with one attached hydrogen (secondary N) is 1. The van der Waals surface area contributed by atoms with Gasteiger partial charge in [-0.2, -0.15) is 0 Å². The fourth-order valence-electron chi connectivity index (χ4n) is 6.67. The fraction of sp³-hybridized carbons (Fsp3) is 0.667. The summed E-state index contributed by atoms with van der Waals surface area (Å²) in [7, 11) is 0. The first-order valence-corrected chi connectivity index (χ1v) is 12.9. The lowest BCUT2D eigenvalue weighted by atomic mass is 9.50. The number of hydrogen-bond acceptors (Lipinski definition) is 6. The highest BCUT2D eigenvalue weighted by molar-refractivity contribution is 5.80. The molecule has 0 heterocycles. The van der Waals surface area contributed by atoms with Crippen molar-refractivity contribution in [1.82, 2.24) is 5.32 Å². The second kappa shape index (κ2) is 11.3. The van der Waals surface area contributed by atoms with Gasteiger partial charge in [0, 0.05) is 18.3 Å². The van der Waals surface area contributed by atoms with Gasteiger partial charge in [0.05, 0.1) is 19.8 Å². The van der Waals surface area contributed by atoms with Crippen molar-refractivity contribution in [3.63, 3.8) is 0 Å². The Morgan fingerprint density at radius 2 is 1.66 bits per heavy atom. The molecule has 0 saturated heterocycles. The summed E-state index contributed by atoms with van der Waals surface area (Å²) in [5, 5.41) is 12.2. The summed E-state index contributed by atoms with van der Waals surface area (Å²) in [6, 6.07) is 5.99. The molecule has 192 valence electrons.